The van der Waals surface area contributed by atoms with Crippen molar-refractivity contribution >= 4 is 43.5 Å². The minimum absolute atomic E-state index is 0.00943. The number of nitrogens with zero attached hydrogens (tertiary/aromatic N) is 1. The van der Waals surface area contributed by atoms with Gasteiger partial charge in [0.25, 0.3) is 0 Å². The number of halogens is 2. The summed E-state index contributed by atoms with van der Waals surface area (Å²) in [7, 11) is 0. The average molecular weight is 388 g/mol. The van der Waals surface area contributed by atoms with Gasteiger partial charge in [-0.05, 0) is 40.2 Å². The van der Waals surface area contributed by atoms with Gasteiger partial charge in [-0.1, -0.05) is 15.9 Å². The minimum Gasteiger partial charge on any atom is -0.478 e. The highest BCUT2D eigenvalue weighted by molar-refractivity contribution is 9.11. The zero-order valence-electron chi connectivity index (χ0n) is 9.43. The first kappa shape index (κ1) is 13.8. The molecule has 0 aliphatic rings. The highest BCUT2D eigenvalue weighted by atomic mass is 79.9. The van der Waals surface area contributed by atoms with Crippen molar-refractivity contribution in [3.8, 4) is 11.6 Å². The molecule has 0 amide bonds. The Bertz CT molecular complexity index is 647. The highest BCUT2D eigenvalue weighted by Gasteiger charge is 2.14. The van der Waals surface area contributed by atoms with E-state index in [2.05, 4.69) is 36.8 Å². The first-order valence-electron chi connectivity index (χ1n) is 5.09. The maximum absolute atomic E-state index is 11.0. The zero-order chi connectivity index (χ0) is 14.0. The van der Waals surface area contributed by atoms with E-state index in [4.69, 9.17) is 15.6 Å². The second kappa shape index (κ2) is 5.58. The predicted molar refractivity (Wildman–Crippen MR) is 77.5 cm³/mol. The van der Waals surface area contributed by atoms with Gasteiger partial charge in [0, 0.05) is 10.7 Å². The van der Waals surface area contributed by atoms with Crippen molar-refractivity contribution in [2.45, 2.75) is 0 Å². The van der Waals surface area contributed by atoms with Gasteiger partial charge in [-0.2, -0.15) is 0 Å². The van der Waals surface area contributed by atoms with Gasteiger partial charge in [-0.3, -0.25) is 0 Å². The SMILES string of the molecule is Nc1c(C(=O)O)ccnc1Oc1ccc(Br)cc1Br. The molecule has 5 nitrogen and oxygen atoms in total. The molecule has 0 aliphatic heterocycles. The Morgan fingerprint density at radius 3 is 2.68 bits per heavy atom. The molecule has 19 heavy (non-hydrogen) atoms. The number of ether oxygens (including phenoxy) is 1. The number of hydrogen-bond acceptors (Lipinski definition) is 4. The Labute approximate surface area is 125 Å². The third-order valence-electron chi connectivity index (χ3n) is 2.28. The smallest absolute Gasteiger partial charge is 0.338 e. The summed E-state index contributed by atoms with van der Waals surface area (Å²) in [6.45, 7) is 0. The van der Waals surface area contributed by atoms with Crippen LogP contribution >= 0.6 is 31.9 Å². The van der Waals surface area contributed by atoms with Crippen LogP contribution in [0.2, 0.25) is 0 Å². The number of carboxylic acid groups (broad SMARTS) is 1. The number of nitrogens with two attached hydrogens (primary N) is 1. The number of pyridine rings is 1. The molecule has 0 saturated carbocycles. The Morgan fingerprint density at radius 2 is 2.05 bits per heavy atom. The van der Waals surface area contributed by atoms with E-state index in [1.54, 1.807) is 18.2 Å². The van der Waals surface area contributed by atoms with Crippen LogP contribution in [-0.2, 0) is 0 Å². The minimum atomic E-state index is -1.13. The molecule has 0 aliphatic carbocycles. The van der Waals surface area contributed by atoms with E-state index in [9.17, 15) is 4.79 Å². The summed E-state index contributed by atoms with van der Waals surface area (Å²) in [5, 5.41) is 8.97. The Kier molecular flexibility index (Phi) is 4.06. The molecule has 1 aromatic carbocycles. The normalized spacial score (nSPS) is 10.2. The lowest BCUT2D eigenvalue weighted by Gasteiger charge is -2.10. The van der Waals surface area contributed by atoms with Crippen molar-refractivity contribution in [2.24, 2.45) is 0 Å². The third kappa shape index (κ3) is 3.05. The number of hydrogen-bond donors (Lipinski definition) is 2. The molecule has 0 spiro atoms. The number of anilines is 1. The Hall–Kier alpha value is -1.60. The van der Waals surface area contributed by atoms with E-state index in [-0.39, 0.29) is 17.1 Å². The van der Waals surface area contributed by atoms with Crippen LogP contribution in [0.5, 0.6) is 11.6 Å². The Morgan fingerprint density at radius 1 is 1.32 bits per heavy atom. The average Bonchev–Trinajstić information content (AvgIpc) is 2.34. The van der Waals surface area contributed by atoms with Crippen molar-refractivity contribution in [3.05, 3.63) is 45.0 Å². The van der Waals surface area contributed by atoms with E-state index in [0.29, 0.717) is 10.2 Å². The number of benzene rings is 1. The number of aromatic carboxylic acids is 1. The topological polar surface area (TPSA) is 85.4 Å². The number of nitrogen functional groups attached to an aromatic ring is 1. The van der Waals surface area contributed by atoms with E-state index < -0.39 is 5.97 Å². The second-order valence-corrected chi connectivity index (χ2v) is 5.33. The van der Waals surface area contributed by atoms with Gasteiger partial charge in [0.05, 0.1) is 10.0 Å². The van der Waals surface area contributed by atoms with Gasteiger partial charge in [-0.15, -0.1) is 0 Å². The summed E-state index contributed by atoms with van der Waals surface area (Å²) >= 11 is 6.66. The molecular formula is C12H8Br2N2O3. The van der Waals surface area contributed by atoms with Gasteiger partial charge >= 0.3 is 5.97 Å². The molecule has 1 aromatic heterocycles. The first-order valence-corrected chi connectivity index (χ1v) is 6.68. The van der Waals surface area contributed by atoms with Gasteiger partial charge in [-0.25, -0.2) is 9.78 Å². The number of rotatable bonds is 3. The van der Waals surface area contributed by atoms with Crippen LogP contribution in [0.1, 0.15) is 10.4 Å². The molecule has 0 radical (unpaired) electrons. The summed E-state index contributed by atoms with van der Waals surface area (Å²) in [5.74, 6) is -0.576. The summed E-state index contributed by atoms with van der Waals surface area (Å²) in [6, 6.07) is 6.62. The van der Waals surface area contributed by atoms with Gasteiger partial charge in [0.2, 0.25) is 5.88 Å². The van der Waals surface area contributed by atoms with Crippen LogP contribution in [0, 0.1) is 0 Å². The standard InChI is InChI=1S/C12H8Br2N2O3/c13-6-1-2-9(8(14)5-6)19-11-10(15)7(12(17)18)3-4-16-11/h1-5H,15H2,(H,17,18). The summed E-state index contributed by atoms with van der Waals surface area (Å²) in [4.78, 5) is 14.9. The highest BCUT2D eigenvalue weighted by Crippen LogP contribution is 2.34. The largest absolute Gasteiger partial charge is 0.478 e. The molecule has 2 rings (SSSR count). The predicted octanol–water partition coefficient (Wildman–Crippen LogP) is 3.68. The third-order valence-corrected chi connectivity index (χ3v) is 3.40. The van der Waals surface area contributed by atoms with Gasteiger partial charge in [0.1, 0.15) is 11.4 Å². The lowest BCUT2D eigenvalue weighted by atomic mass is 10.2. The summed E-state index contributed by atoms with van der Waals surface area (Å²) < 4.78 is 7.10. The zero-order valence-corrected chi connectivity index (χ0v) is 12.6. The molecular weight excluding hydrogens is 380 g/mol. The van der Waals surface area contributed by atoms with Crippen molar-refractivity contribution < 1.29 is 14.6 Å². The molecule has 3 N–H and O–H groups in total. The van der Waals surface area contributed by atoms with Crippen molar-refractivity contribution in [1.29, 1.82) is 0 Å². The lowest BCUT2D eigenvalue weighted by molar-refractivity contribution is 0.0697. The quantitative estimate of drug-likeness (QED) is 0.838. The molecule has 0 unspecified atom stereocenters. The van der Waals surface area contributed by atoms with Crippen molar-refractivity contribution in [2.75, 3.05) is 5.73 Å². The van der Waals surface area contributed by atoms with Crippen molar-refractivity contribution in [1.82, 2.24) is 4.98 Å². The van der Waals surface area contributed by atoms with E-state index >= 15 is 0 Å². The molecule has 1 heterocycles. The fourth-order valence-corrected chi connectivity index (χ4v) is 2.51. The molecule has 98 valence electrons. The summed E-state index contributed by atoms with van der Waals surface area (Å²) in [5.41, 5.74) is 5.67. The molecule has 0 fully saturated rings. The fourth-order valence-electron chi connectivity index (χ4n) is 1.38. The van der Waals surface area contributed by atoms with Crippen molar-refractivity contribution in [3.63, 3.8) is 0 Å². The maximum Gasteiger partial charge on any atom is 0.338 e. The molecule has 2 aromatic rings. The fraction of sp³-hybridized carbons (Fsp3) is 0. The van der Waals surface area contributed by atoms with Crippen LogP contribution in [0.4, 0.5) is 5.69 Å². The number of aromatic nitrogens is 1. The lowest BCUT2D eigenvalue weighted by Crippen LogP contribution is -2.05. The van der Waals surface area contributed by atoms with Gasteiger partial charge in [0.15, 0.2) is 0 Å². The van der Waals surface area contributed by atoms with Crippen LogP contribution in [0.25, 0.3) is 0 Å². The first-order chi connectivity index (χ1) is 8.99. The van der Waals surface area contributed by atoms with Crippen LogP contribution in [0.3, 0.4) is 0 Å². The van der Waals surface area contributed by atoms with E-state index in [0.717, 1.165) is 4.47 Å². The molecule has 7 heteroatoms. The molecule has 0 bridgehead atoms. The van der Waals surface area contributed by atoms with Crippen LogP contribution < -0.4 is 10.5 Å². The van der Waals surface area contributed by atoms with E-state index in [1.807, 2.05) is 0 Å². The van der Waals surface area contributed by atoms with Crippen LogP contribution in [0.15, 0.2) is 39.4 Å². The maximum atomic E-state index is 11.0. The second-order valence-electron chi connectivity index (χ2n) is 3.56. The summed E-state index contributed by atoms with van der Waals surface area (Å²) in [6.07, 6.45) is 1.34. The number of carbonyl (C=O) groups is 1. The monoisotopic (exact) mass is 386 g/mol. The molecule has 0 atom stereocenters. The van der Waals surface area contributed by atoms with E-state index in [1.165, 1.54) is 12.3 Å². The van der Waals surface area contributed by atoms with Crippen LogP contribution in [-0.4, -0.2) is 16.1 Å². The number of carboxylic acids is 1. The molecule has 0 saturated heterocycles. The van der Waals surface area contributed by atoms with Gasteiger partial charge < -0.3 is 15.6 Å². The Balaban J connectivity index is 2.38.